The van der Waals surface area contributed by atoms with Crippen LogP contribution in [-0.2, 0) is 0 Å². The van der Waals surface area contributed by atoms with Crippen LogP contribution in [0.4, 0.5) is 0 Å². The first kappa shape index (κ1) is 14.9. The maximum Gasteiger partial charge on any atom is 0.268 e. The minimum Gasteiger partial charge on any atom is -0.344 e. The molecule has 0 bridgehead atoms. The van der Waals surface area contributed by atoms with E-state index < -0.39 is 0 Å². The van der Waals surface area contributed by atoms with Crippen molar-refractivity contribution < 1.29 is 4.79 Å². The summed E-state index contributed by atoms with van der Waals surface area (Å²) < 4.78 is 2.12. The highest BCUT2D eigenvalue weighted by Gasteiger charge is 2.19. The third-order valence-electron chi connectivity index (χ3n) is 3.84. The van der Waals surface area contributed by atoms with E-state index in [0.717, 1.165) is 21.5 Å². The van der Waals surface area contributed by atoms with Crippen molar-refractivity contribution in [3.05, 3.63) is 59.1 Å². The van der Waals surface area contributed by atoms with Gasteiger partial charge in [0.1, 0.15) is 10.5 Å². The Kier molecular flexibility index (Phi) is 4.03. The van der Waals surface area contributed by atoms with E-state index in [9.17, 15) is 4.79 Å². The molecule has 0 saturated heterocycles. The van der Waals surface area contributed by atoms with Gasteiger partial charge in [0.2, 0.25) is 0 Å². The predicted octanol–water partition coefficient (Wildman–Crippen LogP) is 4.77. The second-order valence-corrected chi connectivity index (χ2v) is 6.67. The predicted molar refractivity (Wildman–Crippen MR) is 92.5 cm³/mol. The van der Waals surface area contributed by atoms with Gasteiger partial charge in [0, 0.05) is 11.4 Å². The summed E-state index contributed by atoms with van der Waals surface area (Å²) in [5, 5.41) is 6.31. The Morgan fingerprint density at radius 1 is 1.14 bits per heavy atom. The minimum atomic E-state index is -0.0200. The van der Waals surface area contributed by atoms with Gasteiger partial charge in [-0.05, 0) is 43.8 Å². The van der Waals surface area contributed by atoms with Crippen LogP contribution in [0.15, 0.2) is 47.8 Å². The first-order chi connectivity index (χ1) is 10.6. The van der Waals surface area contributed by atoms with Gasteiger partial charge < -0.3 is 9.88 Å². The van der Waals surface area contributed by atoms with Crippen LogP contribution in [0, 0.1) is 0 Å². The summed E-state index contributed by atoms with van der Waals surface area (Å²) in [6.45, 7) is 6.23. The Morgan fingerprint density at radius 2 is 1.86 bits per heavy atom. The fourth-order valence-corrected chi connectivity index (χ4v) is 3.76. The van der Waals surface area contributed by atoms with Crippen molar-refractivity contribution in [2.24, 2.45) is 0 Å². The fourth-order valence-electron chi connectivity index (χ4n) is 2.73. The molecule has 2 heterocycles. The zero-order valence-electron chi connectivity index (χ0n) is 13.0. The van der Waals surface area contributed by atoms with Gasteiger partial charge in [-0.2, -0.15) is 0 Å². The van der Waals surface area contributed by atoms with Crippen LogP contribution in [0.25, 0.3) is 10.2 Å². The second-order valence-electron chi connectivity index (χ2n) is 5.78. The first-order valence-corrected chi connectivity index (χ1v) is 8.40. The number of thiophene rings is 1. The van der Waals surface area contributed by atoms with Crippen LogP contribution in [-0.4, -0.2) is 10.5 Å². The number of rotatable bonds is 4. The van der Waals surface area contributed by atoms with E-state index in [1.807, 2.05) is 43.3 Å². The van der Waals surface area contributed by atoms with Crippen LogP contribution in [0.2, 0.25) is 0 Å². The van der Waals surface area contributed by atoms with Crippen LogP contribution in [0.1, 0.15) is 48.9 Å². The largest absolute Gasteiger partial charge is 0.344 e. The summed E-state index contributed by atoms with van der Waals surface area (Å²) in [6, 6.07) is 14.3. The molecule has 1 amide bonds. The summed E-state index contributed by atoms with van der Waals surface area (Å²) in [5.41, 5.74) is 1.85. The number of aromatic nitrogens is 1. The van der Waals surface area contributed by atoms with Crippen LogP contribution in [0.5, 0.6) is 0 Å². The van der Waals surface area contributed by atoms with Gasteiger partial charge in [0.25, 0.3) is 5.91 Å². The lowest BCUT2D eigenvalue weighted by Crippen LogP contribution is -2.29. The molecule has 1 N–H and O–H groups in total. The molecule has 3 nitrogen and oxygen atoms in total. The molecule has 114 valence electrons. The number of nitrogens with zero attached hydrogens (tertiary/aromatic N) is 1. The molecule has 0 aliphatic carbocycles. The van der Waals surface area contributed by atoms with E-state index in [2.05, 4.69) is 35.2 Å². The molecule has 0 radical (unpaired) electrons. The van der Waals surface area contributed by atoms with Gasteiger partial charge in [0.15, 0.2) is 0 Å². The molecule has 0 aliphatic rings. The Hall–Kier alpha value is -2.07. The van der Waals surface area contributed by atoms with Gasteiger partial charge in [-0.15, -0.1) is 11.3 Å². The molecule has 1 aromatic carbocycles. The number of hydrogen-bond donors (Lipinski definition) is 1. The van der Waals surface area contributed by atoms with Crippen LogP contribution >= 0.6 is 11.3 Å². The van der Waals surface area contributed by atoms with Crippen molar-refractivity contribution in [2.75, 3.05) is 0 Å². The number of nitrogens with one attached hydrogen (secondary N) is 1. The normalized spacial score (nSPS) is 12.7. The Labute approximate surface area is 134 Å². The van der Waals surface area contributed by atoms with Crippen molar-refractivity contribution >= 4 is 27.5 Å². The van der Waals surface area contributed by atoms with E-state index in [-0.39, 0.29) is 18.0 Å². The highest BCUT2D eigenvalue weighted by Crippen LogP contribution is 2.29. The maximum absolute atomic E-state index is 12.7. The molecular weight excluding hydrogens is 292 g/mol. The number of hydrogen-bond acceptors (Lipinski definition) is 2. The molecule has 0 spiro atoms. The highest BCUT2D eigenvalue weighted by atomic mass is 32.1. The molecule has 0 fully saturated rings. The van der Waals surface area contributed by atoms with Gasteiger partial charge >= 0.3 is 0 Å². The number of carbonyl (C=O) groups is 1. The summed E-state index contributed by atoms with van der Waals surface area (Å²) in [7, 11) is 0. The molecule has 1 atom stereocenters. The van der Waals surface area contributed by atoms with E-state index >= 15 is 0 Å². The smallest absolute Gasteiger partial charge is 0.268 e. The zero-order valence-corrected chi connectivity index (χ0v) is 13.9. The number of carbonyl (C=O) groups excluding carboxylic acids is 1. The molecule has 3 aromatic rings. The Bertz CT molecular complexity index is 786. The van der Waals surface area contributed by atoms with Crippen molar-refractivity contribution in [3.8, 4) is 0 Å². The lowest BCUT2D eigenvalue weighted by atomic mass is 10.1. The fraction of sp³-hybridized carbons (Fsp3) is 0.278. The van der Waals surface area contributed by atoms with E-state index in [1.54, 1.807) is 11.3 Å². The van der Waals surface area contributed by atoms with E-state index in [4.69, 9.17) is 0 Å². The first-order valence-electron chi connectivity index (χ1n) is 7.52. The molecule has 0 aliphatic heterocycles. The topological polar surface area (TPSA) is 34.0 Å². The number of amides is 1. The molecule has 2 aromatic heterocycles. The second kappa shape index (κ2) is 5.97. The third-order valence-corrected chi connectivity index (χ3v) is 4.77. The van der Waals surface area contributed by atoms with Crippen molar-refractivity contribution in [1.82, 2.24) is 9.88 Å². The van der Waals surface area contributed by atoms with Gasteiger partial charge in [-0.25, -0.2) is 0 Å². The van der Waals surface area contributed by atoms with E-state index in [0.29, 0.717) is 0 Å². The van der Waals surface area contributed by atoms with E-state index in [1.165, 1.54) is 0 Å². The van der Waals surface area contributed by atoms with Gasteiger partial charge in [-0.3, -0.25) is 4.79 Å². The average Bonchev–Trinajstić information content (AvgIpc) is 3.07. The number of fused-ring (bicyclic) bond motifs is 1. The average molecular weight is 312 g/mol. The SMILES string of the molecule is CC(NC(=O)c1cc2ccsc2n1C(C)C)c1ccccc1. The zero-order chi connectivity index (χ0) is 15.7. The van der Waals surface area contributed by atoms with Crippen molar-refractivity contribution in [2.45, 2.75) is 32.9 Å². The monoisotopic (exact) mass is 312 g/mol. The third kappa shape index (κ3) is 2.66. The standard InChI is InChI=1S/C18H20N2OS/c1-12(2)20-16(11-15-9-10-22-18(15)20)17(21)19-13(3)14-7-5-4-6-8-14/h4-13H,1-3H3,(H,19,21). The maximum atomic E-state index is 12.7. The van der Waals surface area contributed by atoms with Gasteiger partial charge in [0.05, 0.1) is 6.04 Å². The molecule has 3 rings (SSSR count). The highest BCUT2D eigenvalue weighted by molar-refractivity contribution is 7.16. The summed E-state index contributed by atoms with van der Waals surface area (Å²) in [4.78, 5) is 13.9. The Morgan fingerprint density at radius 3 is 2.55 bits per heavy atom. The molecule has 1 unspecified atom stereocenters. The molecular formula is C18H20N2OS. The lowest BCUT2D eigenvalue weighted by Gasteiger charge is -2.17. The lowest BCUT2D eigenvalue weighted by molar-refractivity contribution is 0.0929. The van der Waals surface area contributed by atoms with Gasteiger partial charge in [-0.1, -0.05) is 30.3 Å². The summed E-state index contributed by atoms with van der Waals surface area (Å²) in [6.07, 6.45) is 0. The summed E-state index contributed by atoms with van der Waals surface area (Å²) in [5.74, 6) is -0.0200. The van der Waals surface area contributed by atoms with Crippen LogP contribution < -0.4 is 5.32 Å². The minimum absolute atomic E-state index is 0.0118. The Balaban J connectivity index is 1.89. The quantitative estimate of drug-likeness (QED) is 0.739. The summed E-state index contributed by atoms with van der Waals surface area (Å²) >= 11 is 1.68. The molecule has 4 heteroatoms. The van der Waals surface area contributed by atoms with Crippen molar-refractivity contribution in [1.29, 1.82) is 0 Å². The molecule has 22 heavy (non-hydrogen) atoms. The van der Waals surface area contributed by atoms with Crippen LogP contribution in [0.3, 0.4) is 0 Å². The molecule has 0 saturated carbocycles. The number of benzene rings is 1. The van der Waals surface area contributed by atoms with Crippen molar-refractivity contribution in [3.63, 3.8) is 0 Å².